The second-order valence-corrected chi connectivity index (χ2v) is 7.00. The molecule has 0 unspecified atom stereocenters. The molecule has 5 nitrogen and oxygen atoms in total. The first-order valence-corrected chi connectivity index (χ1v) is 9.15. The zero-order valence-corrected chi connectivity index (χ0v) is 16.0. The molecule has 146 valence electrons. The number of fused-ring (bicyclic) bond motifs is 2. The summed E-state index contributed by atoms with van der Waals surface area (Å²) in [4.78, 5) is 26.8. The Morgan fingerprint density at radius 2 is 1.76 bits per heavy atom. The summed E-state index contributed by atoms with van der Waals surface area (Å²) in [6.45, 7) is 1.95. The molecule has 0 saturated carbocycles. The van der Waals surface area contributed by atoms with Gasteiger partial charge in [0.15, 0.2) is 5.75 Å². The van der Waals surface area contributed by atoms with Crippen LogP contribution in [-0.4, -0.2) is 18.9 Å². The van der Waals surface area contributed by atoms with Gasteiger partial charge in [-0.2, -0.15) is 0 Å². The van der Waals surface area contributed by atoms with E-state index in [0.29, 0.717) is 34.0 Å². The van der Waals surface area contributed by atoms with Crippen LogP contribution in [-0.2, 0) is 11.2 Å². The fourth-order valence-corrected chi connectivity index (χ4v) is 3.24. The second kappa shape index (κ2) is 7.39. The van der Waals surface area contributed by atoms with Crippen LogP contribution in [0, 0.1) is 12.7 Å². The van der Waals surface area contributed by atoms with Crippen molar-refractivity contribution < 1.29 is 18.7 Å². The third kappa shape index (κ3) is 3.82. The highest BCUT2D eigenvalue weighted by atomic mass is 19.1. The monoisotopic (exact) mass is 390 g/mol. The molecule has 0 radical (unpaired) electrons. The van der Waals surface area contributed by atoms with E-state index in [4.69, 9.17) is 4.74 Å². The van der Waals surface area contributed by atoms with Gasteiger partial charge in [0.05, 0.1) is 17.7 Å². The fourth-order valence-electron chi connectivity index (χ4n) is 3.24. The quantitative estimate of drug-likeness (QED) is 0.705. The van der Waals surface area contributed by atoms with Gasteiger partial charge < -0.3 is 15.0 Å². The largest absolute Gasteiger partial charge is 0.454 e. The molecule has 0 saturated heterocycles. The molecule has 0 atom stereocenters. The molecule has 6 heteroatoms. The normalized spacial score (nSPS) is 12.5. The summed E-state index contributed by atoms with van der Waals surface area (Å²) >= 11 is 0. The van der Waals surface area contributed by atoms with Crippen LogP contribution in [0.15, 0.2) is 60.7 Å². The van der Waals surface area contributed by atoms with Crippen LogP contribution in [0.25, 0.3) is 0 Å². The lowest BCUT2D eigenvalue weighted by Crippen LogP contribution is -2.25. The lowest BCUT2D eigenvalue weighted by atomic mass is 10.1. The van der Waals surface area contributed by atoms with E-state index in [1.807, 2.05) is 25.1 Å². The standard InChI is InChI=1S/C23H19FN2O3/c1-14-3-9-21-19(11-14)26(2)23(28)18-13-17(8-10-20(18)29-21)25-22(27)12-15-4-6-16(24)7-5-15/h3-11,13H,12H2,1-2H3,(H,25,27). The first-order chi connectivity index (χ1) is 13.9. The Hall–Kier alpha value is -3.67. The summed E-state index contributed by atoms with van der Waals surface area (Å²) in [5.74, 6) is 0.197. The Bertz CT molecular complexity index is 1110. The van der Waals surface area contributed by atoms with Gasteiger partial charge >= 0.3 is 0 Å². The van der Waals surface area contributed by atoms with E-state index in [9.17, 15) is 14.0 Å². The van der Waals surface area contributed by atoms with Gasteiger partial charge in [-0.05, 0) is 60.5 Å². The molecule has 0 bridgehead atoms. The summed E-state index contributed by atoms with van der Waals surface area (Å²) in [5.41, 5.74) is 3.26. The summed E-state index contributed by atoms with van der Waals surface area (Å²) in [5, 5.41) is 2.78. The van der Waals surface area contributed by atoms with E-state index in [0.717, 1.165) is 5.56 Å². The number of carbonyl (C=O) groups is 2. The van der Waals surface area contributed by atoms with Gasteiger partial charge in [0, 0.05) is 12.7 Å². The number of carbonyl (C=O) groups excluding carboxylic acids is 2. The SMILES string of the molecule is Cc1ccc2c(c1)N(C)C(=O)c1cc(NC(=O)Cc3ccc(F)cc3)ccc1O2. The van der Waals surface area contributed by atoms with Crippen LogP contribution in [0.2, 0.25) is 0 Å². The highest BCUT2D eigenvalue weighted by molar-refractivity contribution is 6.10. The molecule has 3 aromatic rings. The number of benzene rings is 3. The van der Waals surface area contributed by atoms with E-state index in [1.54, 1.807) is 37.4 Å². The maximum atomic E-state index is 13.0. The number of amides is 2. The van der Waals surface area contributed by atoms with Gasteiger partial charge in [-0.15, -0.1) is 0 Å². The lowest BCUT2D eigenvalue weighted by Gasteiger charge is -2.16. The third-order valence-electron chi connectivity index (χ3n) is 4.77. The van der Waals surface area contributed by atoms with Crippen molar-refractivity contribution in [2.24, 2.45) is 0 Å². The minimum atomic E-state index is -0.348. The number of anilines is 2. The third-order valence-corrected chi connectivity index (χ3v) is 4.77. The number of nitrogens with one attached hydrogen (secondary N) is 1. The predicted molar refractivity (Wildman–Crippen MR) is 109 cm³/mol. The van der Waals surface area contributed by atoms with Crippen molar-refractivity contribution >= 4 is 23.2 Å². The number of halogens is 1. The fraction of sp³-hybridized carbons (Fsp3) is 0.130. The average molecular weight is 390 g/mol. The second-order valence-electron chi connectivity index (χ2n) is 7.00. The molecule has 1 aliphatic rings. The minimum Gasteiger partial charge on any atom is -0.454 e. The van der Waals surface area contributed by atoms with Crippen LogP contribution in [0.4, 0.5) is 15.8 Å². The molecular weight excluding hydrogens is 371 g/mol. The number of nitrogens with zero attached hydrogens (tertiary/aromatic N) is 1. The predicted octanol–water partition coefficient (Wildman–Crippen LogP) is 4.70. The summed E-state index contributed by atoms with van der Waals surface area (Å²) in [7, 11) is 1.69. The maximum absolute atomic E-state index is 13.0. The van der Waals surface area contributed by atoms with Crippen LogP contribution in [0.3, 0.4) is 0 Å². The van der Waals surface area contributed by atoms with Crippen molar-refractivity contribution in [1.82, 2.24) is 0 Å². The number of aryl methyl sites for hydroxylation is 1. The number of ether oxygens (including phenoxy) is 1. The molecule has 1 aliphatic heterocycles. The maximum Gasteiger partial charge on any atom is 0.261 e. The Balaban J connectivity index is 1.57. The van der Waals surface area contributed by atoms with Gasteiger partial charge in [0.1, 0.15) is 11.6 Å². The van der Waals surface area contributed by atoms with Gasteiger partial charge in [-0.1, -0.05) is 18.2 Å². The average Bonchev–Trinajstić information content (AvgIpc) is 2.80. The van der Waals surface area contributed by atoms with Crippen LogP contribution in [0.1, 0.15) is 21.5 Å². The topological polar surface area (TPSA) is 58.6 Å². The Labute approximate surface area is 167 Å². The molecule has 29 heavy (non-hydrogen) atoms. The van der Waals surface area contributed by atoms with Crippen molar-refractivity contribution in [3.05, 3.63) is 83.2 Å². The van der Waals surface area contributed by atoms with Gasteiger partial charge in [-0.3, -0.25) is 9.59 Å². The highest BCUT2D eigenvalue weighted by Crippen LogP contribution is 2.39. The first-order valence-electron chi connectivity index (χ1n) is 9.15. The van der Waals surface area contributed by atoms with E-state index in [1.165, 1.54) is 17.0 Å². The Morgan fingerprint density at radius 1 is 1.03 bits per heavy atom. The van der Waals surface area contributed by atoms with Crippen LogP contribution >= 0.6 is 0 Å². The smallest absolute Gasteiger partial charge is 0.261 e. The summed E-state index contributed by atoms with van der Waals surface area (Å²) in [6, 6.07) is 16.4. The van der Waals surface area contributed by atoms with E-state index < -0.39 is 0 Å². The number of rotatable bonds is 3. The molecule has 2 amide bonds. The Morgan fingerprint density at radius 3 is 2.52 bits per heavy atom. The number of hydrogen-bond donors (Lipinski definition) is 1. The van der Waals surface area contributed by atoms with Crippen LogP contribution in [0.5, 0.6) is 11.5 Å². The van der Waals surface area contributed by atoms with Gasteiger partial charge in [-0.25, -0.2) is 4.39 Å². The van der Waals surface area contributed by atoms with Crippen molar-refractivity contribution in [3.8, 4) is 11.5 Å². The molecule has 0 spiro atoms. The molecular formula is C23H19FN2O3. The van der Waals surface area contributed by atoms with Gasteiger partial charge in [0.2, 0.25) is 5.91 Å². The molecule has 3 aromatic carbocycles. The van der Waals surface area contributed by atoms with E-state index in [2.05, 4.69) is 5.32 Å². The zero-order chi connectivity index (χ0) is 20.5. The van der Waals surface area contributed by atoms with Crippen molar-refractivity contribution in [2.75, 3.05) is 17.3 Å². The number of hydrogen-bond acceptors (Lipinski definition) is 3. The van der Waals surface area contributed by atoms with E-state index in [-0.39, 0.29) is 24.1 Å². The molecule has 1 N–H and O–H groups in total. The van der Waals surface area contributed by atoms with Crippen molar-refractivity contribution in [3.63, 3.8) is 0 Å². The van der Waals surface area contributed by atoms with Crippen LogP contribution < -0.4 is 15.0 Å². The summed E-state index contributed by atoms with van der Waals surface area (Å²) in [6.07, 6.45) is 0.104. The lowest BCUT2D eigenvalue weighted by molar-refractivity contribution is -0.115. The highest BCUT2D eigenvalue weighted by Gasteiger charge is 2.26. The molecule has 0 aromatic heterocycles. The molecule has 4 rings (SSSR count). The molecule has 0 aliphatic carbocycles. The van der Waals surface area contributed by atoms with Gasteiger partial charge in [0.25, 0.3) is 5.91 Å². The van der Waals surface area contributed by atoms with Crippen molar-refractivity contribution in [2.45, 2.75) is 13.3 Å². The summed E-state index contributed by atoms with van der Waals surface area (Å²) < 4.78 is 19.0. The Kier molecular flexibility index (Phi) is 4.76. The minimum absolute atomic E-state index is 0.104. The van der Waals surface area contributed by atoms with E-state index >= 15 is 0 Å². The molecule has 1 heterocycles. The zero-order valence-electron chi connectivity index (χ0n) is 16.0. The molecule has 0 fully saturated rings. The van der Waals surface area contributed by atoms with Crippen molar-refractivity contribution in [1.29, 1.82) is 0 Å². The first kappa shape index (κ1) is 18.7.